The predicted molar refractivity (Wildman–Crippen MR) is 83.4 cm³/mol. The molecule has 0 spiro atoms. The van der Waals surface area contributed by atoms with E-state index >= 15 is 0 Å². The molecule has 0 heterocycles. The highest BCUT2D eigenvalue weighted by molar-refractivity contribution is 5.44. The van der Waals surface area contributed by atoms with Gasteiger partial charge in [0.15, 0.2) is 0 Å². The number of rotatable bonds is 4. The van der Waals surface area contributed by atoms with Crippen molar-refractivity contribution >= 4 is 0 Å². The highest BCUT2D eigenvalue weighted by Gasteiger charge is 2.24. The summed E-state index contributed by atoms with van der Waals surface area (Å²) in [7, 11) is 0. The van der Waals surface area contributed by atoms with Gasteiger partial charge in [-0.3, -0.25) is 0 Å². The van der Waals surface area contributed by atoms with Gasteiger partial charge in [0.05, 0.1) is 11.2 Å². The number of ether oxygens (including phenoxy) is 1. The maximum Gasteiger partial charge on any atom is 0.133 e. The Bertz CT molecular complexity index is 605. The second-order valence-electron chi connectivity index (χ2n) is 6.24. The topological polar surface area (TPSA) is 49.7 Å². The molecule has 3 nitrogen and oxygen atoms in total. The summed E-state index contributed by atoms with van der Waals surface area (Å²) in [5.41, 5.74) is -0.574. The van der Waals surface area contributed by atoms with Gasteiger partial charge in [0.1, 0.15) is 11.5 Å². The van der Waals surface area contributed by atoms with Gasteiger partial charge in [0, 0.05) is 5.56 Å². The van der Waals surface area contributed by atoms with Crippen LogP contribution in [0.4, 0.5) is 0 Å². The quantitative estimate of drug-likeness (QED) is 0.895. The van der Waals surface area contributed by atoms with Crippen molar-refractivity contribution in [2.75, 3.05) is 0 Å². The van der Waals surface area contributed by atoms with Gasteiger partial charge in [-0.15, -0.1) is 0 Å². The lowest BCUT2D eigenvalue weighted by Crippen LogP contribution is -2.19. The summed E-state index contributed by atoms with van der Waals surface area (Å²) in [6.45, 7) is 6.87. The molecule has 0 fully saturated rings. The molecular formula is C18H22O3. The van der Waals surface area contributed by atoms with Crippen LogP contribution in [-0.4, -0.2) is 10.2 Å². The normalized spacial score (nSPS) is 12.3. The van der Waals surface area contributed by atoms with Crippen LogP contribution in [0.2, 0.25) is 0 Å². The Hall–Kier alpha value is -1.84. The molecule has 0 aliphatic heterocycles. The molecule has 3 heteroatoms. The molecule has 2 N–H and O–H groups in total. The van der Waals surface area contributed by atoms with Crippen LogP contribution in [0.25, 0.3) is 0 Å². The fourth-order valence-corrected chi connectivity index (χ4v) is 2.11. The number of para-hydroxylation sites is 1. The van der Waals surface area contributed by atoms with Gasteiger partial charge in [-0.2, -0.15) is 0 Å². The van der Waals surface area contributed by atoms with Crippen LogP contribution in [0.5, 0.6) is 11.5 Å². The Morgan fingerprint density at radius 2 is 1.43 bits per heavy atom. The third-order valence-corrected chi connectivity index (χ3v) is 3.32. The molecule has 0 saturated carbocycles. The Morgan fingerprint density at radius 3 is 1.95 bits per heavy atom. The Labute approximate surface area is 125 Å². The van der Waals surface area contributed by atoms with E-state index in [1.807, 2.05) is 36.4 Å². The Balaban J connectivity index is 2.49. The molecule has 0 radical (unpaired) electrons. The van der Waals surface area contributed by atoms with Crippen LogP contribution in [0.3, 0.4) is 0 Å². The molecule has 2 rings (SSSR count). The SMILES string of the molecule is CC(C)(O)c1ccc(C(C)(C)O)c(Oc2ccccc2)c1. The maximum atomic E-state index is 10.3. The zero-order chi connectivity index (χ0) is 15.7. The van der Waals surface area contributed by atoms with E-state index in [1.165, 1.54) is 0 Å². The van der Waals surface area contributed by atoms with Crippen molar-refractivity contribution in [3.63, 3.8) is 0 Å². The third-order valence-electron chi connectivity index (χ3n) is 3.32. The summed E-state index contributed by atoms with van der Waals surface area (Å²) < 4.78 is 5.90. The highest BCUT2D eigenvalue weighted by Crippen LogP contribution is 2.36. The van der Waals surface area contributed by atoms with E-state index in [0.29, 0.717) is 17.1 Å². The molecular weight excluding hydrogens is 264 g/mol. The van der Waals surface area contributed by atoms with Crippen molar-refractivity contribution < 1.29 is 14.9 Å². The molecule has 0 aliphatic carbocycles. The van der Waals surface area contributed by atoms with Crippen molar-refractivity contribution in [3.8, 4) is 11.5 Å². The first-order valence-corrected chi connectivity index (χ1v) is 7.00. The summed E-state index contributed by atoms with van der Waals surface area (Å²) in [6.07, 6.45) is 0. The van der Waals surface area contributed by atoms with Gasteiger partial charge < -0.3 is 14.9 Å². The molecule has 2 aromatic rings. The summed E-state index contributed by atoms with van der Waals surface area (Å²) in [6, 6.07) is 14.8. The minimum absolute atomic E-state index is 0.549. The zero-order valence-corrected chi connectivity index (χ0v) is 12.9. The smallest absolute Gasteiger partial charge is 0.133 e. The molecule has 0 saturated heterocycles. The lowest BCUT2D eigenvalue weighted by atomic mass is 9.91. The molecule has 0 bridgehead atoms. The highest BCUT2D eigenvalue weighted by atomic mass is 16.5. The average molecular weight is 286 g/mol. The summed E-state index contributed by atoms with van der Waals surface area (Å²) in [4.78, 5) is 0. The number of benzene rings is 2. The van der Waals surface area contributed by atoms with Crippen molar-refractivity contribution in [1.29, 1.82) is 0 Å². The first-order valence-electron chi connectivity index (χ1n) is 7.00. The second-order valence-corrected chi connectivity index (χ2v) is 6.24. The molecule has 0 unspecified atom stereocenters. The number of hydrogen-bond donors (Lipinski definition) is 2. The van der Waals surface area contributed by atoms with E-state index in [0.717, 1.165) is 5.56 Å². The van der Waals surface area contributed by atoms with Gasteiger partial charge >= 0.3 is 0 Å². The molecule has 0 aromatic heterocycles. The maximum absolute atomic E-state index is 10.3. The molecule has 2 aromatic carbocycles. The molecule has 0 atom stereocenters. The molecule has 112 valence electrons. The first kappa shape index (κ1) is 15.5. The van der Waals surface area contributed by atoms with E-state index in [9.17, 15) is 10.2 Å². The summed E-state index contributed by atoms with van der Waals surface area (Å²) in [5.74, 6) is 1.24. The predicted octanol–water partition coefficient (Wildman–Crippen LogP) is 3.93. The van der Waals surface area contributed by atoms with Gasteiger partial charge in [-0.05, 0) is 51.5 Å². The van der Waals surface area contributed by atoms with Crippen LogP contribution in [0.1, 0.15) is 38.8 Å². The Kier molecular flexibility index (Phi) is 4.08. The van der Waals surface area contributed by atoms with E-state index < -0.39 is 11.2 Å². The van der Waals surface area contributed by atoms with Crippen LogP contribution in [-0.2, 0) is 11.2 Å². The third kappa shape index (κ3) is 3.84. The zero-order valence-electron chi connectivity index (χ0n) is 12.9. The van der Waals surface area contributed by atoms with E-state index in [-0.39, 0.29) is 0 Å². The summed E-state index contributed by atoms with van der Waals surface area (Å²) >= 11 is 0. The fourth-order valence-electron chi connectivity index (χ4n) is 2.11. The minimum atomic E-state index is -1.03. The molecule has 21 heavy (non-hydrogen) atoms. The average Bonchev–Trinajstić information content (AvgIpc) is 2.37. The second kappa shape index (κ2) is 5.51. The van der Waals surface area contributed by atoms with Gasteiger partial charge in [-0.25, -0.2) is 0 Å². The summed E-state index contributed by atoms with van der Waals surface area (Å²) in [5, 5.41) is 20.5. The number of aliphatic hydroxyl groups is 2. The lowest BCUT2D eigenvalue weighted by Gasteiger charge is -2.25. The monoisotopic (exact) mass is 286 g/mol. The van der Waals surface area contributed by atoms with E-state index in [2.05, 4.69) is 0 Å². The minimum Gasteiger partial charge on any atom is -0.457 e. The van der Waals surface area contributed by atoms with Crippen LogP contribution >= 0.6 is 0 Å². The molecule has 0 aliphatic rings. The standard InChI is InChI=1S/C18H22O3/c1-17(2,19)13-10-11-15(18(3,4)20)16(12-13)21-14-8-6-5-7-9-14/h5-12,19-20H,1-4H3. The lowest BCUT2D eigenvalue weighted by molar-refractivity contribution is 0.0723. The van der Waals surface area contributed by atoms with Crippen LogP contribution in [0.15, 0.2) is 48.5 Å². The number of hydrogen-bond acceptors (Lipinski definition) is 3. The van der Waals surface area contributed by atoms with Crippen molar-refractivity contribution in [2.24, 2.45) is 0 Å². The molecule has 0 amide bonds. The van der Waals surface area contributed by atoms with Crippen molar-refractivity contribution in [2.45, 2.75) is 38.9 Å². The Morgan fingerprint density at radius 1 is 0.810 bits per heavy atom. The van der Waals surface area contributed by atoms with E-state index in [4.69, 9.17) is 4.74 Å². The van der Waals surface area contributed by atoms with Crippen LogP contribution < -0.4 is 4.74 Å². The van der Waals surface area contributed by atoms with Crippen molar-refractivity contribution in [1.82, 2.24) is 0 Å². The first-order chi connectivity index (χ1) is 9.68. The van der Waals surface area contributed by atoms with Gasteiger partial charge in [0.2, 0.25) is 0 Å². The van der Waals surface area contributed by atoms with Crippen LogP contribution in [0, 0.1) is 0 Å². The van der Waals surface area contributed by atoms with Gasteiger partial charge in [0.25, 0.3) is 0 Å². The largest absolute Gasteiger partial charge is 0.457 e. The van der Waals surface area contributed by atoms with Gasteiger partial charge in [-0.1, -0.05) is 30.3 Å². The van der Waals surface area contributed by atoms with Crippen molar-refractivity contribution in [3.05, 3.63) is 59.7 Å². The van der Waals surface area contributed by atoms with E-state index in [1.54, 1.807) is 39.8 Å². The fraction of sp³-hybridized carbons (Fsp3) is 0.333.